The molecule has 1 aromatic carbocycles. The Labute approximate surface area is 151 Å². The highest BCUT2D eigenvalue weighted by Gasteiger charge is 2.26. The Balaban J connectivity index is 1.40. The number of carbonyl (C=O) groups is 1. The van der Waals surface area contributed by atoms with Gasteiger partial charge in [0, 0.05) is 25.2 Å². The fourth-order valence-corrected chi connectivity index (χ4v) is 3.28. The van der Waals surface area contributed by atoms with E-state index >= 15 is 0 Å². The second-order valence-electron chi connectivity index (χ2n) is 6.45. The van der Waals surface area contributed by atoms with E-state index in [0.717, 1.165) is 29.8 Å². The molecule has 0 unspecified atom stereocenters. The number of nitrogens with two attached hydrogens (primary N) is 1. The topological polar surface area (TPSA) is 106 Å². The number of aromatic nitrogens is 5. The third-order valence-electron chi connectivity index (χ3n) is 4.77. The van der Waals surface area contributed by atoms with E-state index in [9.17, 15) is 4.79 Å². The summed E-state index contributed by atoms with van der Waals surface area (Å²) < 4.78 is 1.87. The second kappa shape index (κ2) is 7.09. The number of likely N-dealkylation sites (tertiary alicyclic amines) is 1. The highest BCUT2D eigenvalue weighted by atomic mass is 16.2. The van der Waals surface area contributed by atoms with Gasteiger partial charge in [-0.15, -0.1) is 5.10 Å². The maximum Gasteiger partial charge on any atom is 0.271 e. The third-order valence-corrected chi connectivity index (χ3v) is 4.77. The van der Waals surface area contributed by atoms with E-state index in [-0.39, 0.29) is 11.9 Å². The SMILES string of the molecule is NCc1cn(C2CCN(C(=O)c3cc(-c4ccccc4)n[nH]3)CC2)nn1. The number of hydrogen-bond donors (Lipinski definition) is 2. The monoisotopic (exact) mass is 351 g/mol. The molecule has 3 heterocycles. The Morgan fingerprint density at radius 3 is 2.69 bits per heavy atom. The molecule has 8 nitrogen and oxygen atoms in total. The van der Waals surface area contributed by atoms with Crippen molar-refractivity contribution in [2.24, 2.45) is 5.73 Å². The van der Waals surface area contributed by atoms with Crippen LogP contribution in [0.5, 0.6) is 0 Å². The maximum atomic E-state index is 12.7. The number of piperidine rings is 1. The lowest BCUT2D eigenvalue weighted by atomic mass is 10.0. The average molecular weight is 351 g/mol. The first-order chi connectivity index (χ1) is 12.7. The van der Waals surface area contributed by atoms with E-state index in [0.29, 0.717) is 25.3 Å². The van der Waals surface area contributed by atoms with E-state index in [1.54, 1.807) is 0 Å². The molecule has 1 amide bonds. The summed E-state index contributed by atoms with van der Waals surface area (Å²) >= 11 is 0. The van der Waals surface area contributed by atoms with Crippen LogP contribution in [0.3, 0.4) is 0 Å². The van der Waals surface area contributed by atoms with Crippen LogP contribution in [0.1, 0.15) is 35.1 Å². The van der Waals surface area contributed by atoms with Crippen LogP contribution < -0.4 is 5.73 Å². The van der Waals surface area contributed by atoms with Crippen LogP contribution in [-0.2, 0) is 6.54 Å². The molecule has 0 saturated carbocycles. The molecule has 1 saturated heterocycles. The molecular formula is C18H21N7O. The van der Waals surface area contributed by atoms with Crippen LogP contribution in [0, 0.1) is 0 Å². The van der Waals surface area contributed by atoms with Gasteiger partial charge in [0.05, 0.1) is 23.6 Å². The molecule has 8 heteroatoms. The number of benzene rings is 1. The van der Waals surface area contributed by atoms with Gasteiger partial charge in [0.2, 0.25) is 0 Å². The summed E-state index contributed by atoms with van der Waals surface area (Å²) in [6, 6.07) is 11.9. The third kappa shape index (κ3) is 3.23. The number of amides is 1. The molecule has 26 heavy (non-hydrogen) atoms. The predicted molar refractivity (Wildman–Crippen MR) is 96.1 cm³/mol. The van der Waals surface area contributed by atoms with Crippen molar-refractivity contribution < 1.29 is 4.79 Å². The number of H-pyrrole nitrogens is 1. The Bertz CT molecular complexity index is 878. The molecule has 134 valence electrons. The first kappa shape index (κ1) is 16.5. The van der Waals surface area contributed by atoms with Crippen LogP contribution >= 0.6 is 0 Å². The standard InChI is InChI=1S/C18H21N7O/c19-11-14-12-25(23-20-14)15-6-8-24(9-7-15)18(26)17-10-16(21-22-17)13-4-2-1-3-5-13/h1-5,10,12,15H,6-9,11,19H2,(H,21,22). The largest absolute Gasteiger partial charge is 0.337 e. The van der Waals surface area contributed by atoms with Crippen LogP contribution in [0.4, 0.5) is 0 Å². The lowest BCUT2D eigenvalue weighted by Crippen LogP contribution is -2.39. The molecule has 0 spiro atoms. The molecule has 3 aromatic rings. The quantitative estimate of drug-likeness (QED) is 0.743. The molecule has 2 aromatic heterocycles. The van der Waals surface area contributed by atoms with Crippen LogP contribution in [0.2, 0.25) is 0 Å². The fraction of sp³-hybridized carbons (Fsp3) is 0.333. The summed E-state index contributed by atoms with van der Waals surface area (Å²) in [7, 11) is 0. The van der Waals surface area contributed by atoms with Gasteiger partial charge in [0.25, 0.3) is 5.91 Å². The summed E-state index contributed by atoms with van der Waals surface area (Å²) in [6.07, 6.45) is 3.58. The lowest BCUT2D eigenvalue weighted by Gasteiger charge is -2.31. The predicted octanol–water partition coefficient (Wildman–Crippen LogP) is 1.60. The number of hydrogen-bond acceptors (Lipinski definition) is 5. The minimum Gasteiger partial charge on any atom is -0.337 e. The fourth-order valence-electron chi connectivity index (χ4n) is 3.28. The first-order valence-electron chi connectivity index (χ1n) is 8.75. The Kier molecular flexibility index (Phi) is 4.49. The van der Waals surface area contributed by atoms with Gasteiger partial charge in [0.1, 0.15) is 5.69 Å². The van der Waals surface area contributed by atoms with Gasteiger partial charge in [0.15, 0.2) is 0 Å². The number of rotatable bonds is 4. The van der Waals surface area contributed by atoms with Crippen molar-refractivity contribution in [2.45, 2.75) is 25.4 Å². The van der Waals surface area contributed by atoms with Crippen LogP contribution in [0.15, 0.2) is 42.6 Å². The summed E-state index contributed by atoms with van der Waals surface area (Å²) in [5.74, 6) is -0.0145. The van der Waals surface area contributed by atoms with Crippen molar-refractivity contribution in [3.05, 3.63) is 54.0 Å². The summed E-state index contributed by atoms with van der Waals surface area (Å²) in [5, 5.41) is 15.3. The van der Waals surface area contributed by atoms with Crippen LogP contribution in [0.25, 0.3) is 11.3 Å². The zero-order chi connectivity index (χ0) is 17.9. The van der Waals surface area contributed by atoms with Gasteiger partial charge >= 0.3 is 0 Å². The maximum absolute atomic E-state index is 12.7. The number of nitrogens with zero attached hydrogens (tertiary/aromatic N) is 5. The van der Waals surface area contributed by atoms with E-state index in [2.05, 4.69) is 20.5 Å². The number of aromatic amines is 1. The van der Waals surface area contributed by atoms with Crippen molar-refractivity contribution in [1.29, 1.82) is 0 Å². The first-order valence-corrected chi connectivity index (χ1v) is 8.75. The summed E-state index contributed by atoms with van der Waals surface area (Å²) in [5.41, 5.74) is 8.66. The second-order valence-corrected chi connectivity index (χ2v) is 6.45. The average Bonchev–Trinajstić information content (AvgIpc) is 3.38. The van der Waals surface area contributed by atoms with Gasteiger partial charge in [-0.25, -0.2) is 4.68 Å². The molecule has 4 rings (SSSR count). The molecular weight excluding hydrogens is 330 g/mol. The van der Waals surface area contributed by atoms with E-state index in [4.69, 9.17) is 5.73 Å². The van der Waals surface area contributed by atoms with E-state index < -0.39 is 0 Å². The summed E-state index contributed by atoms with van der Waals surface area (Å²) in [4.78, 5) is 14.6. The smallest absolute Gasteiger partial charge is 0.271 e. The molecule has 0 atom stereocenters. The lowest BCUT2D eigenvalue weighted by molar-refractivity contribution is 0.0683. The molecule has 1 aliphatic rings. The van der Waals surface area contributed by atoms with Crippen molar-refractivity contribution in [1.82, 2.24) is 30.1 Å². The molecule has 1 aliphatic heterocycles. The van der Waals surface area contributed by atoms with Gasteiger partial charge < -0.3 is 10.6 Å². The van der Waals surface area contributed by atoms with E-state index in [1.807, 2.05) is 52.2 Å². The van der Waals surface area contributed by atoms with Gasteiger partial charge in [-0.2, -0.15) is 5.10 Å². The minimum absolute atomic E-state index is 0.0145. The Hall–Kier alpha value is -3.00. The molecule has 3 N–H and O–H groups in total. The molecule has 1 fully saturated rings. The van der Waals surface area contributed by atoms with Crippen molar-refractivity contribution in [3.8, 4) is 11.3 Å². The highest BCUT2D eigenvalue weighted by Crippen LogP contribution is 2.24. The zero-order valence-corrected chi connectivity index (χ0v) is 14.4. The van der Waals surface area contributed by atoms with Crippen molar-refractivity contribution in [3.63, 3.8) is 0 Å². The van der Waals surface area contributed by atoms with E-state index in [1.165, 1.54) is 0 Å². The normalized spacial score (nSPS) is 15.3. The highest BCUT2D eigenvalue weighted by molar-refractivity contribution is 5.93. The van der Waals surface area contributed by atoms with Crippen molar-refractivity contribution in [2.75, 3.05) is 13.1 Å². The van der Waals surface area contributed by atoms with Crippen LogP contribution in [-0.4, -0.2) is 49.1 Å². The number of nitrogens with one attached hydrogen (secondary N) is 1. The van der Waals surface area contributed by atoms with Gasteiger partial charge in [-0.1, -0.05) is 35.5 Å². The zero-order valence-electron chi connectivity index (χ0n) is 14.4. The summed E-state index contributed by atoms with van der Waals surface area (Å²) in [6.45, 7) is 1.75. The Morgan fingerprint density at radius 2 is 2.00 bits per heavy atom. The molecule has 0 aliphatic carbocycles. The Morgan fingerprint density at radius 1 is 1.23 bits per heavy atom. The molecule has 0 radical (unpaired) electrons. The molecule has 0 bridgehead atoms. The van der Waals surface area contributed by atoms with Gasteiger partial charge in [-0.3, -0.25) is 9.89 Å². The van der Waals surface area contributed by atoms with Crippen molar-refractivity contribution >= 4 is 5.91 Å². The minimum atomic E-state index is -0.0145. The number of carbonyl (C=O) groups excluding carboxylic acids is 1. The van der Waals surface area contributed by atoms with Gasteiger partial charge in [-0.05, 0) is 18.9 Å².